The number of anilines is 1. The molecular formula is C18H26N4O2. The van der Waals surface area contributed by atoms with Gasteiger partial charge in [0.05, 0.1) is 0 Å². The van der Waals surface area contributed by atoms with Crippen molar-refractivity contribution in [1.29, 1.82) is 0 Å². The van der Waals surface area contributed by atoms with E-state index in [1.54, 1.807) is 18.2 Å². The summed E-state index contributed by atoms with van der Waals surface area (Å²) in [7, 11) is 0. The zero-order valence-electron chi connectivity index (χ0n) is 14.2. The lowest BCUT2D eigenvalue weighted by Crippen LogP contribution is -2.48. The van der Waals surface area contributed by atoms with Gasteiger partial charge in [-0.1, -0.05) is 13.0 Å². The lowest BCUT2D eigenvalue weighted by Gasteiger charge is -2.38. The van der Waals surface area contributed by atoms with E-state index in [2.05, 4.69) is 22.0 Å². The number of carbonyl (C=O) groups is 2. The molecule has 0 bridgehead atoms. The van der Waals surface area contributed by atoms with Crippen molar-refractivity contribution in [2.24, 2.45) is 5.73 Å². The molecule has 1 aromatic carbocycles. The first-order valence-electron chi connectivity index (χ1n) is 8.80. The van der Waals surface area contributed by atoms with E-state index in [1.165, 1.54) is 0 Å². The van der Waals surface area contributed by atoms with Crippen LogP contribution >= 0.6 is 0 Å². The van der Waals surface area contributed by atoms with Crippen LogP contribution in [0.2, 0.25) is 0 Å². The van der Waals surface area contributed by atoms with Gasteiger partial charge in [-0.05, 0) is 50.4 Å². The smallest absolute Gasteiger partial charge is 0.316 e. The molecule has 0 radical (unpaired) electrons. The monoisotopic (exact) mass is 330 g/mol. The number of nitrogens with zero attached hydrogens (tertiary/aromatic N) is 2. The molecular weight excluding hydrogens is 304 g/mol. The van der Waals surface area contributed by atoms with Crippen LogP contribution in [-0.2, 0) is 0 Å². The van der Waals surface area contributed by atoms with Gasteiger partial charge in [0.2, 0.25) is 0 Å². The van der Waals surface area contributed by atoms with E-state index < -0.39 is 6.03 Å². The number of benzene rings is 1. The first-order chi connectivity index (χ1) is 11.6. The third kappa shape index (κ3) is 3.87. The van der Waals surface area contributed by atoms with Gasteiger partial charge in [0.25, 0.3) is 5.91 Å². The minimum Gasteiger partial charge on any atom is -0.351 e. The average molecular weight is 330 g/mol. The molecule has 1 aliphatic carbocycles. The van der Waals surface area contributed by atoms with Crippen LogP contribution in [-0.4, -0.2) is 53.5 Å². The molecule has 130 valence electrons. The van der Waals surface area contributed by atoms with Gasteiger partial charge in [-0.15, -0.1) is 0 Å². The summed E-state index contributed by atoms with van der Waals surface area (Å²) in [5, 5.41) is 2.54. The van der Waals surface area contributed by atoms with Crippen LogP contribution in [0.3, 0.4) is 0 Å². The fourth-order valence-electron chi connectivity index (χ4n) is 3.52. The van der Waals surface area contributed by atoms with Gasteiger partial charge in [0.1, 0.15) is 0 Å². The Bertz CT molecular complexity index is 607. The maximum Gasteiger partial charge on any atom is 0.316 e. The molecule has 1 saturated carbocycles. The molecule has 2 fully saturated rings. The number of rotatable bonds is 5. The van der Waals surface area contributed by atoms with E-state index in [0.717, 1.165) is 45.3 Å². The summed E-state index contributed by atoms with van der Waals surface area (Å²) in [5.41, 5.74) is 6.34. The van der Waals surface area contributed by atoms with Crippen molar-refractivity contribution in [3.8, 4) is 0 Å². The van der Waals surface area contributed by atoms with Crippen LogP contribution in [0.25, 0.3) is 0 Å². The Kier molecular flexibility index (Phi) is 5.04. The van der Waals surface area contributed by atoms with Gasteiger partial charge in [-0.2, -0.15) is 0 Å². The van der Waals surface area contributed by atoms with Crippen molar-refractivity contribution in [2.75, 3.05) is 25.0 Å². The Balaban J connectivity index is 1.74. The Morgan fingerprint density at radius 1 is 1.21 bits per heavy atom. The van der Waals surface area contributed by atoms with Crippen molar-refractivity contribution in [3.63, 3.8) is 0 Å². The number of hydrogen-bond acceptors (Lipinski definition) is 3. The zero-order chi connectivity index (χ0) is 17.1. The summed E-state index contributed by atoms with van der Waals surface area (Å²) in [6.07, 6.45) is 4.27. The zero-order valence-corrected chi connectivity index (χ0v) is 14.2. The molecule has 1 aromatic rings. The average Bonchev–Trinajstić information content (AvgIpc) is 3.40. The second-order valence-corrected chi connectivity index (χ2v) is 6.68. The van der Waals surface area contributed by atoms with E-state index in [9.17, 15) is 9.59 Å². The molecule has 1 aliphatic heterocycles. The lowest BCUT2D eigenvalue weighted by atomic mass is 10.0. The molecule has 3 N–H and O–H groups in total. The number of carbonyl (C=O) groups excluding carboxylic acids is 2. The van der Waals surface area contributed by atoms with E-state index in [-0.39, 0.29) is 5.91 Å². The maximum atomic E-state index is 13.1. The first kappa shape index (κ1) is 16.8. The minimum absolute atomic E-state index is 0.0700. The number of nitrogens with two attached hydrogens (primary N) is 1. The van der Waals surface area contributed by atoms with Crippen LogP contribution < -0.4 is 11.1 Å². The Hall–Kier alpha value is -2.08. The van der Waals surface area contributed by atoms with Crippen LogP contribution in [0.5, 0.6) is 0 Å². The summed E-state index contributed by atoms with van der Waals surface area (Å²) in [5.74, 6) is 0.0700. The van der Waals surface area contributed by atoms with Gasteiger partial charge >= 0.3 is 6.03 Å². The van der Waals surface area contributed by atoms with E-state index in [4.69, 9.17) is 5.73 Å². The van der Waals surface area contributed by atoms with Crippen LogP contribution in [0.1, 0.15) is 43.0 Å². The molecule has 0 spiro atoms. The molecule has 0 aromatic heterocycles. The van der Waals surface area contributed by atoms with Gasteiger partial charge < -0.3 is 20.9 Å². The normalized spacial score (nSPS) is 19.0. The molecule has 2 aliphatic rings. The molecule has 0 atom stereocenters. The highest BCUT2D eigenvalue weighted by Gasteiger charge is 2.38. The van der Waals surface area contributed by atoms with Crippen molar-refractivity contribution in [2.45, 2.75) is 44.7 Å². The molecule has 0 unspecified atom stereocenters. The van der Waals surface area contributed by atoms with Crippen molar-refractivity contribution in [3.05, 3.63) is 29.8 Å². The summed E-state index contributed by atoms with van der Waals surface area (Å²) < 4.78 is 0. The second-order valence-electron chi connectivity index (χ2n) is 6.68. The van der Waals surface area contributed by atoms with E-state index >= 15 is 0 Å². The Labute approximate surface area is 143 Å². The highest BCUT2D eigenvalue weighted by atomic mass is 16.2. The van der Waals surface area contributed by atoms with Crippen molar-refractivity contribution in [1.82, 2.24) is 9.80 Å². The minimum atomic E-state index is -0.620. The standard InChI is InChI=1S/C18H26N4O2/c1-2-21-10-8-16(9-11-21)22(15-6-7-15)17(23)13-4-3-5-14(12-13)20-18(19)24/h3-5,12,15-16H,2,6-11H2,1H3,(H3,19,20,24). The van der Waals surface area contributed by atoms with E-state index in [1.807, 2.05) is 6.07 Å². The fraction of sp³-hybridized carbons (Fsp3) is 0.556. The molecule has 1 saturated heterocycles. The van der Waals surface area contributed by atoms with Crippen molar-refractivity contribution >= 4 is 17.6 Å². The third-order valence-corrected chi connectivity index (χ3v) is 4.95. The predicted molar refractivity (Wildman–Crippen MR) is 94.0 cm³/mol. The Morgan fingerprint density at radius 3 is 2.46 bits per heavy atom. The van der Waals surface area contributed by atoms with Gasteiger partial charge in [0, 0.05) is 36.4 Å². The van der Waals surface area contributed by atoms with Gasteiger partial charge in [0.15, 0.2) is 0 Å². The van der Waals surface area contributed by atoms with Crippen LogP contribution in [0, 0.1) is 0 Å². The van der Waals surface area contributed by atoms with Crippen molar-refractivity contribution < 1.29 is 9.59 Å². The number of likely N-dealkylation sites (tertiary alicyclic amines) is 1. The number of nitrogens with one attached hydrogen (secondary N) is 1. The van der Waals surface area contributed by atoms with E-state index in [0.29, 0.717) is 23.3 Å². The topological polar surface area (TPSA) is 78.7 Å². The SMILES string of the molecule is CCN1CCC(N(C(=O)c2cccc(NC(N)=O)c2)C2CC2)CC1. The van der Waals surface area contributed by atoms with Gasteiger partial charge in [-0.3, -0.25) is 4.79 Å². The largest absolute Gasteiger partial charge is 0.351 e. The lowest BCUT2D eigenvalue weighted by molar-refractivity contribution is 0.0554. The summed E-state index contributed by atoms with van der Waals surface area (Å²) in [6, 6.07) is 7.12. The summed E-state index contributed by atoms with van der Waals surface area (Å²) in [6.45, 7) is 5.37. The molecule has 3 rings (SSSR count). The highest BCUT2D eigenvalue weighted by Crippen LogP contribution is 2.33. The number of primary amides is 1. The summed E-state index contributed by atoms with van der Waals surface area (Å²) in [4.78, 5) is 28.6. The quantitative estimate of drug-likeness (QED) is 0.869. The van der Waals surface area contributed by atoms with Crippen LogP contribution in [0.4, 0.5) is 10.5 Å². The number of piperidine rings is 1. The molecule has 24 heavy (non-hydrogen) atoms. The Morgan fingerprint density at radius 2 is 1.88 bits per heavy atom. The predicted octanol–water partition coefficient (Wildman–Crippen LogP) is 2.27. The van der Waals surface area contributed by atoms with Gasteiger partial charge in [-0.25, -0.2) is 4.79 Å². The molecule has 6 heteroatoms. The van der Waals surface area contributed by atoms with Crippen LogP contribution in [0.15, 0.2) is 24.3 Å². The number of amides is 3. The maximum absolute atomic E-state index is 13.1. The number of urea groups is 1. The molecule has 6 nitrogen and oxygen atoms in total. The molecule has 1 heterocycles. The number of hydrogen-bond donors (Lipinski definition) is 2. The highest BCUT2D eigenvalue weighted by molar-refractivity contribution is 5.97. The third-order valence-electron chi connectivity index (χ3n) is 4.95. The summed E-state index contributed by atoms with van der Waals surface area (Å²) >= 11 is 0. The molecule has 3 amide bonds. The fourth-order valence-corrected chi connectivity index (χ4v) is 3.52. The second kappa shape index (κ2) is 7.21. The first-order valence-corrected chi connectivity index (χ1v) is 8.80.